The van der Waals surface area contributed by atoms with Gasteiger partial charge in [0.25, 0.3) is 0 Å². The number of rotatable bonds is 9. The van der Waals surface area contributed by atoms with Gasteiger partial charge in [-0.1, -0.05) is 6.07 Å². The molecule has 0 saturated heterocycles. The van der Waals surface area contributed by atoms with Crippen molar-refractivity contribution >= 4 is 24.3 Å². The zero-order valence-electron chi connectivity index (χ0n) is 16.4. The van der Waals surface area contributed by atoms with E-state index in [-0.39, 0.29) is 29.9 Å². The van der Waals surface area contributed by atoms with Crippen LogP contribution in [-0.2, 0) is 4.79 Å². The van der Waals surface area contributed by atoms with Crippen LogP contribution in [0, 0.1) is 0 Å². The fourth-order valence-corrected chi connectivity index (χ4v) is 2.15. The third-order valence-corrected chi connectivity index (χ3v) is 3.62. The second-order valence-corrected chi connectivity index (χ2v) is 6.09. The van der Waals surface area contributed by atoms with Crippen LogP contribution in [0.4, 0.5) is 0 Å². The molecule has 0 saturated carbocycles. The number of aliphatic hydroxyl groups excluding tert-OH is 1. The van der Waals surface area contributed by atoms with Crippen molar-refractivity contribution in [3.63, 3.8) is 0 Å². The summed E-state index contributed by atoms with van der Waals surface area (Å²) in [5, 5.41) is 39.3. The maximum atomic E-state index is 10.7. The number of hydrogen-bond acceptors (Lipinski definition) is 7. The molecule has 1 aromatic carbocycles. The smallest absolute Gasteiger partial charge is 0.320 e. The Balaban J connectivity index is 0. The lowest BCUT2D eigenvalue weighted by molar-refractivity contribution is -0.142. The highest BCUT2D eigenvalue weighted by molar-refractivity contribution is 5.85. The number of phenols is 2. The number of carboxylic acid groups (broad SMARTS) is 1. The Kier molecular flexibility index (Phi) is 14.7. The van der Waals surface area contributed by atoms with E-state index in [1.54, 1.807) is 32.1 Å². The zero-order chi connectivity index (χ0) is 21.0. The number of nitrogens with two attached hydrogens (primary N) is 2. The number of nitrogens with zero attached hydrogens (tertiary/aromatic N) is 2. The minimum atomic E-state index is -0.820. The van der Waals surface area contributed by atoms with E-state index in [0.717, 1.165) is 0 Å². The maximum Gasteiger partial charge on any atom is 0.320 e. The molecule has 1 aromatic rings. The van der Waals surface area contributed by atoms with E-state index in [0.29, 0.717) is 31.5 Å². The Bertz CT molecular complexity index is 612. The summed E-state index contributed by atoms with van der Waals surface area (Å²) >= 11 is 0. The molecular weight excluding hydrogens is 390 g/mol. The van der Waals surface area contributed by atoms with Gasteiger partial charge in [0.05, 0.1) is 6.10 Å². The number of hydrogen-bond donors (Lipinski definition) is 7. The fourth-order valence-electron chi connectivity index (χ4n) is 2.15. The predicted molar refractivity (Wildman–Crippen MR) is 111 cm³/mol. The van der Waals surface area contributed by atoms with Crippen molar-refractivity contribution in [2.45, 2.75) is 25.0 Å². The number of guanidine groups is 1. The number of aliphatic hydroxyl groups is 1. The van der Waals surface area contributed by atoms with E-state index < -0.39 is 18.1 Å². The summed E-state index contributed by atoms with van der Waals surface area (Å²) in [5.41, 5.74) is 10.8. The first kappa shape index (κ1) is 27.9. The molecule has 10 nitrogen and oxygen atoms in total. The summed E-state index contributed by atoms with van der Waals surface area (Å²) in [6, 6.07) is 3.79. The van der Waals surface area contributed by atoms with Crippen molar-refractivity contribution in [3.8, 4) is 11.5 Å². The highest BCUT2D eigenvalue weighted by Gasteiger charge is 2.18. The monoisotopic (exact) mass is 421 g/mol. The van der Waals surface area contributed by atoms with Crippen molar-refractivity contribution < 1.29 is 25.2 Å². The molecule has 0 spiro atoms. The van der Waals surface area contributed by atoms with Crippen LogP contribution in [0.15, 0.2) is 23.2 Å². The summed E-state index contributed by atoms with van der Waals surface area (Å²) in [6.07, 6.45) is 0.531. The number of likely N-dealkylation sites (N-methyl/N-ethyl adjacent to an activating group) is 2. The molecule has 9 N–H and O–H groups in total. The van der Waals surface area contributed by atoms with Crippen LogP contribution in [-0.4, -0.2) is 77.5 Å². The number of aliphatic imine (C=N–C) groups is 1. The summed E-state index contributed by atoms with van der Waals surface area (Å²) in [5.74, 6) is -1.17. The maximum absolute atomic E-state index is 10.7. The SMILES string of the molecule is CN(C)C(CCCN=C(N)N)C(=O)O.CNC[C@H](O)c1ccc(O)c(O)c1.Cl. The molecule has 0 aromatic heterocycles. The largest absolute Gasteiger partial charge is 0.504 e. The quantitative estimate of drug-likeness (QED) is 0.123. The Morgan fingerprint density at radius 3 is 2.29 bits per heavy atom. The average Bonchev–Trinajstić information content (AvgIpc) is 2.57. The summed E-state index contributed by atoms with van der Waals surface area (Å²) in [6.45, 7) is 0.879. The summed E-state index contributed by atoms with van der Waals surface area (Å²) < 4.78 is 0. The fraction of sp³-hybridized carbons (Fsp3) is 0.529. The van der Waals surface area contributed by atoms with E-state index in [2.05, 4.69) is 10.3 Å². The number of benzene rings is 1. The standard InChI is InChI=1S/C9H13NO3.C8H18N4O2.ClH/c1-10-5-9(13)6-2-3-7(11)8(12)4-6;1-12(2)6(7(13)14)4-3-5-11-8(9)10;/h2-4,9-13H,5H2,1H3;6H,3-5H2,1-2H3,(H,13,14)(H4,9,10,11);1H/t9-;;/m0../s1. The summed E-state index contributed by atoms with van der Waals surface area (Å²) in [7, 11) is 5.20. The molecule has 0 heterocycles. The van der Waals surface area contributed by atoms with Crippen molar-refractivity contribution in [1.29, 1.82) is 0 Å². The van der Waals surface area contributed by atoms with Gasteiger partial charge in [0, 0.05) is 13.1 Å². The number of aromatic hydroxyl groups is 2. The highest BCUT2D eigenvalue weighted by Crippen LogP contribution is 2.27. The summed E-state index contributed by atoms with van der Waals surface area (Å²) in [4.78, 5) is 16.2. The van der Waals surface area contributed by atoms with Gasteiger partial charge in [-0.15, -0.1) is 12.4 Å². The molecule has 0 fully saturated rings. The van der Waals surface area contributed by atoms with Gasteiger partial charge in [0.1, 0.15) is 6.04 Å². The zero-order valence-corrected chi connectivity index (χ0v) is 17.2. The molecule has 0 aliphatic heterocycles. The molecule has 1 unspecified atom stereocenters. The first-order valence-corrected chi connectivity index (χ1v) is 8.39. The molecule has 0 radical (unpaired) electrons. The Hall–Kier alpha value is -2.27. The second-order valence-electron chi connectivity index (χ2n) is 6.09. The van der Waals surface area contributed by atoms with Gasteiger partial charge in [-0.25, -0.2) is 0 Å². The second kappa shape index (κ2) is 14.7. The van der Waals surface area contributed by atoms with Crippen LogP contribution < -0.4 is 16.8 Å². The Morgan fingerprint density at radius 1 is 1.25 bits per heavy atom. The normalized spacial score (nSPS) is 12.2. The van der Waals surface area contributed by atoms with Gasteiger partial charge in [0.15, 0.2) is 17.5 Å². The average molecular weight is 422 g/mol. The minimum Gasteiger partial charge on any atom is -0.504 e. The third-order valence-electron chi connectivity index (χ3n) is 3.62. The van der Waals surface area contributed by atoms with E-state index in [1.165, 1.54) is 12.1 Å². The predicted octanol–water partition coefficient (Wildman–Crippen LogP) is -0.173. The molecule has 1 rings (SSSR count). The minimum absolute atomic E-state index is 0. The number of halogens is 1. The Morgan fingerprint density at radius 2 is 1.86 bits per heavy atom. The first-order chi connectivity index (χ1) is 12.6. The highest BCUT2D eigenvalue weighted by atomic mass is 35.5. The van der Waals surface area contributed by atoms with Crippen LogP contribution in [0.3, 0.4) is 0 Å². The van der Waals surface area contributed by atoms with Crippen LogP contribution in [0.5, 0.6) is 11.5 Å². The van der Waals surface area contributed by atoms with Crippen molar-refractivity contribution in [2.24, 2.45) is 16.5 Å². The van der Waals surface area contributed by atoms with E-state index in [9.17, 15) is 9.90 Å². The van der Waals surface area contributed by atoms with Crippen molar-refractivity contribution in [1.82, 2.24) is 10.2 Å². The van der Waals surface area contributed by atoms with E-state index >= 15 is 0 Å². The van der Waals surface area contributed by atoms with Crippen LogP contribution in [0.2, 0.25) is 0 Å². The van der Waals surface area contributed by atoms with E-state index in [4.69, 9.17) is 26.8 Å². The van der Waals surface area contributed by atoms with Crippen molar-refractivity contribution in [2.75, 3.05) is 34.2 Å². The van der Waals surface area contributed by atoms with Gasteiger partial charge >= 0.3 is 5.97 Å². The van der Waals surface area contributed by atoms with E-state index in [1.807, 2.05) is 0 Å². The molecule has 2 atom stereocenters. The number of carbonyl (C=O) groups is 1. The molecule has 11 heteroatoms. The number of nitrogens with one attached hydrogen (secondary N) is 1. The van der Waals surface area contributed by atoms with Crippen molar-refractivity contribution in [3.05, 3.63) is 23.8 Å². The Labute approximate surface area is 171 Å². The lowest BCUT2D eigenvalue weighted by atomic mass is 10.1. The third kappa shape index (κ3) is 11.4. The van der Waals surface area contributed by atoms with Gasteiger partial charge in [-0.2, -0.15) is 0 Å². The number of phenolic OH excluding ortho intramolecular Hbond substituents is 2. The van der Waals surface area contributed by atoms with Gasteiger partial charge in [0.2, 0.25) is 0 Å². The molecule has 0 amide bonds. The molecular formula is C17H32ClN5O5. The number of aliphatic carboxylic acids is 1. The van der Waals surface area contributed by atoms with Gasteiger partial charge < -0.3 is 37.2 Å². The molecule has 0 aliphatic rings. The lowest BCUT2D eigenvalue weighted by Gasteiger charge is -2.19. The molecule has 0 bridgehead atoms. The van der Waals surface area contributed by atoms with Crippen LogP contribution in [0.25, 0.3) is 0 Å². The first-order valence-electron chi connectivity index (χ1n) is 8.39. The number of carboxylic acids is 1. The van der Waals surface area contributed by atoms with Gasteiger partial charge in [-0.05, 0) is 51.7 Å². The topological polar surface area (TPSA) is 178 Å². The van der Waals surface area contributed by atoms with Gasteiger partial charge in [-0.3, -0.25) is 14.7 Å². The molecule has 28 heavy (non-hydrogen) atoms. The van der Waals surface area contributed by atoms with Crippen LogP contribution in [0.1, 0.15) is 24.5 Å². The van der Waals surface area contributed by atoms with Crippen LogP contribution >= 0.6 is 12.4 Å². The molecule has 0 aliphatic carbocycles. The lowest BCUT2D eigenvalue weighted by Crippen LogP contribution is -2.35. The molecule has 162 valence electrons.